The molecule has 0 radical (unpaired) electrons. The second-order valence-electron chi connectivity index (χ2n) is 10.6. The zero-order chi connectivity index (χ0) is 29.2. The van der Waals surface area contributed by atoms with Crippen LogP contribution in [0, 0.1) is 5.82 Å². The minimum Gasteiger partial charge on any atom is -0.492 e. The van der Waals surface area contributed by atoms with E-state index in [1.54, 1.807) is 24.7 Å². The van der Waals surface area contributed by atoms with Gasteiger partial charge >= 0.3 is 0 Å². The normalized spacial score (nSPS) is 14.0. The number of aromatic nitrogens is 6. The molecule has 11 heteroatoms. The average molecular weight is 566 g/mol. The Morgan fingerprint density at radius 2 is 2.02 bits per heavy atom. The van der Waals surface area contributed by atoms with Crippen molar-refractivity contribution in [2.45, 2.75) is 6.04 Å². The molecule has 0 atom stereocenters. The van der Waals surface area contributed by atoms with Crippen molar-refractivity contribution in [3.8, 4) is 28.4 Å². The number of H-pyrrole nitrogens is 2. The monoisotopic (exact) mass is 565 g/mol. The number of anilines is 1. The minimum atomic E-state index is -0.376. The number of nitrogens with zero attached hydrogens (tertiary/aromatic N) is 6. The number of halogens is 1. The van der Waals surface area contributed by atoms with E-state index in [0.717, 1.165) is 53.2 Å². The average Bonchev–Trinajstić information content (AvgIpc) is 3.61. The molecule has 10 nitrogen and oxygen atoms in total. The van der Waals surface area contributed by atoms with Crippen LogP contribution in [-0.2, 0) is 0 Å². The molecule has 0 unspecified atom stereocenters. The van der Waals surface area contributed by atoms with E-state index in [1.165, 1.54) is 12.1 Å². The molecule has 0 amide bonds. The Bertz CT molecular complexity index is 1770. The Morgan fingerprint density at radius 1 is 1.17 bits per heavy atom. The van der Waals surface area contributed by atoms with Crippen LogP contribution in [0.2, 0.25) is 0 Å². The molecule has 42 heavy (non-hydrogen) atoms. The van der Waals surface area contributed by atoms with Gasteiger partial charge in [0.05, 0.1) is 23.8 Å². The first-order valence-electron chi connectivity index (χ1n) is 13.7. The van der Waals surface area contributed by atoms with Gasteiger partial charge in [-0.05, 0) is 49.5 Å². The molecule has 1 aliphatic rings. The molecule has 4 aromatic heterocycles. The van der Waals surface area contributed by atoms with Crippen LogP contribution in [0.25, 0.3) is 39.3 Å². The lowest BCUT2D eigenvalue weighted by Crippen LogP contribution is -2.56. The Labute approximate surface area is 242 Å². The second-order valence-corrected chi connectivity index (χ2v) is 10.6. The first-order valence-corrected chi connectivity index (χ1v) is 13.7. The molecule has 0 bridgehead atoms. The van der Waals surface area contributed by atoms with Crippen LogP contribution in [0.5, 0.6) is 5.75 Å². The van der Waals surface area contributed by atoms with Gasteiger partial charge in [-0.15, -0.1) is 0 Å². The molecular formula is C31H32FN9O. The van der Waals surface area contributed by atoms with Crippen molar-refractivity contribution in [2.75, 3.05) is 45.2 Å². The number of fused-ring (bicyclic) bond motifs is 1. The maximum Gasteiger partial charge on any atom is 0.155 e. The first-order chi connectivity index (χ1) is 20.4. The van der Waals surface area contributed by atoms with Crippen LogP contribution >= 0.6 is 0 Å². The summed E-state index contributed by atoms with van der Waals surface area (Å²) in [5.41, 5.74) is 11.9. The smallest absolute Gasteiger partial charge is 0.155 e. The third-order valence-corrected chi connectivity index (χ3v) is 7.09. The first kappa shape index (κ1) is 27.3. The number of hydrogen-bond acceptors (Lipinski definition) is 8. The number of nitrogens with two attached hydrogens (primary N) is 1. The van der Waals surface area contributed by atoms with Gasteiger partial charge < -0.3 is 25.3 Å². The second kappa shape index (κ2) is 11.6. The van der Waals surface area contributed by atoms with E-state index < -0.39 is 0 Å². The van der Waals surface area contributed by atoms with Crippen LogP contribution in [0.1, 0.15) is 11.1 Å². The van der Waals surface area contributed by atoms with E-state index in [9.17, 15) is 4.39 Å². The number of ether oxygens (including phenoxy) is 1. The lowest BCUT2D eigenvalue weighted by Gasteiger charge is -2.37. The number of nitrogens with one attached hydrogen (secondary N) is 2. The van der Waals surface area contributed by atoms with Crippen LogP contribution in [0.3, 0.4) is 0 Å². The van der Waals surface area contributed by atoms with E-state index >= 15 is 0 Å². The lowest BCUT2D eigenvalue weighted by atomic mass is 9.98. The summed E-state index contributed by atoms with van der Waals surface area (Å²) in [6.45, 7) is 6.57. The van der Waals surface area contributed by atoms with Crippen LogP contribution in [-0.4, -0.2) is 81.4 Å². The topological polar surface area (TPSA) is 125 Å². The molecule has 5 heterocycles. The summed E-state index contributed by atoms with van der Waals surface area (Å²) in [7, 11) is 3.93. The summed E-state index contributed by atoms with van der Waals surface area (Å²) in [5, 5.41) is 8.39. The van der Waals surface area contributed by atoms with Gasteiger partial charge in [-0.25, -0.2) is 14.4 Å². The molecule has 0 saturated carbocycles. The number of allylic oxidation sites excluding steroid dienone is 2. The van der Waals surface area contributed by atoms with E-state index in [4.69, 9.17) is 15.5 Å². The molecule has 4 N–H and O–H groups in total. The van der Waals surface area contributed by atoms with E-state index in [2.05, 4.69) is 36.6 Å². The quantitative estimate of drug-likeness (QED) is 0.215. The predicted octanol–water partition coefficient (Wildman–Crippen LogP) is 4.25. The summed E-state index contributed by atoms with van der Waals surface area (Å²) in [6, 6.07) is 8.86. The van der Waals surface area contributed by atoms with Crippen molar-refractivity contribution >= 4 is 22.4 Å². The summed E-state index contributed by atoms with van der Waals surface area (Å²) in [6.07, 6.45) is 10.6. The maximum atomic E-state index is 14.6. The molecule has 214 valence electrons. The molecule has 1 fully saturated rings. The summed E-state index contributed by atoms with van der Waals surface area (Å²) >= 11 is 0. The number of pyridine rings is 1. The van der Waals surface area contributed by atoms with Gasteiger partial charge in [0.15, 0.2) is 5.65 Å². The highest BCUT2D eigenvalue weighted by atomic mass is 19.1. The number of likely N-dealkylation sites (N-methyl/N-ethyl adjacent to an activating group) is 1. The molecule has 0 spiro atoms. The largest absolute Gasteiger partial charge is 0.492 e. The van der Waals surface area contributed by atoms with E-state index in [0.29, 0.717) is 35.0 Å². The van der Waals surface area contributed by atoms with Gasteiger partial charge in [-0.3, -0.25) is 10.1 Å². The number of hydrogen-bond donors (Lipinski definition) is 3. The molecule has 1 aromatic carbocycles. The molecule has 5 aromatic rings. The summed E-state index contributed by atoms with van der Waals surface area (Å²) in [4.78, 5) is 21.2. The van der Waals surface area contributed by atoms with Gasteiger partial charge in [0.2, 0.25) is 0 Å². The standard InChI is InChI=1S/C31H32FN9O/c1-4-5-25(19-8-22(32)12-24(9-19)42-7-6-40(2)3)20-11-27(35-13-20)30-26-10-21(14-36-31(26)39-38-30)28-15-34-16-29(37-28)41-17-23(33)18-41/h4-5,8-16,23,35H,1,6-7,17-18,33H2,2-3H3,(H,36,38,39)/b25-5-. The van der Waals surface area contributed by atoms with Gasteiger partial charge in [0.25, 0.3) is 0 Å². The minimum absolute atomic E-state index is 0.166. The Kier molecular flexibility index (Phi) is 7.51. The maximum absolute atomic E-state index is 14.6. The van der Waals surface area contributed by atoms with Crippen molar-refractivity contribution in [2.24, 2.45) is 5.73 Å². The van der Waals surface area contributed by atoms with Crippen LogP contribution in [0.4, 0.5) is 10.2 Å². The third kappa shape index (κ3) is 5.65. The number of benzene rings is 1. The predicted molar refractivity (Wildman–Crippen MR) is 163 cm³/mol. The van der Waals surface area contributed by atoms with Crippen molar-refractivity contribution in [3.05, 3.63) is 90.8 Å². The van der Waals surface area contributed by atoms with E-state index in [-0.39, 0.29) is 11.9 Å². The lowest BCUT2D eigenvalue weighted by molar-refractivity contribution is 0.260. The van der Waals surface area contributed by atoms with Crippen LogP contribution < -0.4 is 15.4 Å². The fourth-order valence-corrected chi connectivity index (χ4v) is 4.91. The Hall–Kier alpha value is -4.87. The molecule has 1 saturated heterocycles. The fourth-order valence-electron chi connectivity index (χ4n) is 4.91. The van der Waals surface area contributed by atoms with Gasteiger partial charge in [0.1, 0.15) is 29.7 Å². The van der Waals surface area contributed by atoms with Gasteiger partial charge in [-0.1, -0.05) is 18.7 Å². The zero-order valence-corrected chi connectivity index (χ0v) is 23.5. The molecule has 0 aliphatic carbocycles. The Balaban J connectivity index is 1.30. The number of aromatic amines is 2. The van der Waals surface area contributed by atoms with Gasteiger partial charge in [-0.2, -0.15) is 5.10 Å². The molecule has 1 aliphatic heterocycles. The van der Waals surface area contributed by atoms with Crippen molar-refractivity contribution in [3.63, 3.8) is 0 Å². The van der Waals surface area contributed by atoms with Crippen molar-refractivity contribution in [1.82, 2.24) is 35.0 Å². The number of rotatable bonds is 10. The van der Waals surface area contributed by atoms with Gasteiger partial charge in [0, 0.05) is 60.6 Å². The summed E-state index contributed by atoms with van der Waals surface area (Å²) in [5.74, 6) is 0.888. The molecule has 6 rings (SSSR count). The van der Waals surface area contributed by atoms with Crippen molar-refractivity contribution in [1.29, 1.82) is 0 Å². The summed E-state index contributed by atoms with van der Waals surface area (Å²) < 4.78 is 20.4. The molecular weight excluding hydrogens is 533 g/mol. The third-order valence-electron chi connectivity index (χ3n) is 7.09. The SMILES string of the molecule is C=C/C=C(/c1cc(F)cc(OCCN(C)C)c1)c1c[nH]c(-c2n[nH]c3ncc(-c4cncc(N5CC(N)C5)n4)cc23)c1. The van der Waals surface area contributed by atoms with Crippen LogP contribution in [0.15, 0.2) is 73.9 Å². The Morgan fingerprint density at radius 3 is 2.81 bits per heavy atom. The highest BCUT2D eigenvalue weighted by Gasteiger charge is 2.25. The zero-order valence-electron chi connectivity index (χ0n) is 23.5. The highest BCUT2D eigenvalue weighted by molar-refractivity contribution is 5.93. The van der Waals surface area contributed by atoms with Crippen molar-refractivity contribution < 1.29 is 9.13 Å². The fraction of sp³-hybridized carbons (Fsp3) is 0.226. The van der Waals surface area contributed by atoms with E-state index in [1.807, 2.05) is 49.5 Å². The highest BCUT2D eigenvalue weighted by Crippen LogP contribution is 2.33.